The third-order valence-electron chi connectivity index (χ3n) is 1.06. The van der Waals surface area contributed by atoms with Crippen molar-refractivity contribution in [3.8, 4) is 0 Å². The van der Waals surface area contributed by atoms with Crippen LogP contribution in [0.25, 0.3) is 0 Å². The Morgan fingerprint density at radius 1 is 1.20 bits per heavy atom. The van der Waals surface area contributed by atoms with Crippen LogP contribution in [0.3, 0.4) is 0 Å². The van der Waals surface area contributed by atoms with Crippen LogP contribution >= 0.6 is 34.8 Å². The number of rotatable bonds is 4. The second kappa shape index (κ2) is 5.67. The Hall–Kier alpha value is 1.05. The van der Waals surface area contributed by atoms with Gasteiger partial charge in [0.05, 0.1) is 0 Å². The quantitative estimate of drug-likeness (QED) is 0.400. The molecule has 0 aliphatic rings. The first-order valence-electron chi connectivity index (χ1n) is 3.12. The molecule has 0 aromatic rings. The Kier molecular flexibility index (Phi) is 6.26. The average molecular weight is 222 g/mol. The van der Waals surface area contributed by atoms with Crippen molar-refractivity contribution in [3.05, 3.63) is 0 Å². The van der Waals surface area contributed by atoms with E-state index < -0.39 is 3.79 Å². The summed E-state index contributed by atoms with van der Waals surface area (Å²) in [6.45, 7) is 0.799. The van der Waals surface area contributed by atoms with Crippen molar-refractivity contribution >= 4 is 45.3 Å². The Labute approximate surface area is 79.5 Å². The van der Waals surface area contributed by atoms with Crippen molar-refractivity contribution in [2.45, 2.75) is 23.1 Å². The minimum absolute atomic E-state index is 0.614. The van der Waals surface area contributed by atoms with E-state index in [1.165, 1.54) is 0 Å². The Balaban J connectivity index is 3.04. The van der Waals surface area contributed by atoms with Gasteiger partial charge in [0.1, 0.15) is 10.5 Å². The van der Waals surface area contributed by atoms with Crippen molar-refractivity contribution < 1.29 is 4.43 Å². The number of hydrogen-bond donors (Lipinski definition) is 0. The van der Waals surface area contributed by atoms with Crippen LogP contribution in [0.5, 0.6) is 0 Å². The molecule has 0 aliphatic heterocycles. The van der Waals surface area contributed by atoms with Gasteiger partial charge in [-0.15, -0.1) is 0 Å². The van der Waals surface area contributed by atoms with E-state index in [1.54, 1.807) is 0 Å². The highest BCUT2D eigenvalue weighted by molar-refractivity contribution is 6.67. The molecule has 0 heterocycles. The summed E-state index contributed by atoms with van der Waals surface area (Å²) in [6.07, 6.45) is 2.51. The Morgan fingerprint density at radius 2 is 1.80 bits per heavy atom. The fourth-order valence-electron chi connectivity index (χ4n) is 0.572. The van der Waals surface area contributed by atoms with Crippen LogP contribution in [0.1, 0.15) is 19.3 Å². The molecule has 0 atom stereocenters. The van der Waals surface area contributed by atoms with Crippen LogP contribution in [-0.4, -0.2) is 20.9 Å². The lowest BCUT2D eigenvalue weighted by atomic mass is 10.3. The summed E-state index contributed by atoms with van der Waals surface area (Å²) in [6, 6.07) is 0. The summed E-state index contributed by atoms with van der Waals surface area (Å²) < 4.78 is 3.89. The van der Waals surface area contributed by atoms with Gasteiger partial charge in [-0.05, 0) is 19.3 Å². The highest BCUT2D eigenvalue weighted by atomic mass is 35.6. The van der Waals surface area contributed by atoms with Crippen molar-refractivity contribution in [2.75, 3.05) is 6.61 Å². The standard InChI is InChI=1S/C5H11Cl3OSi/c6-5(7,8)3-1-2-4-9-10/h1-4H2,10H3. The molecule has 0 aliphatic carbocycles. The summed E-state index contributed by atoms with van der Waals surface area (Å²) in [4.78, 5) is 0. The van der Waals surface area contributed by atoms with Crippen LogP contribution in [0.4, 0.5) is 0 Å². The third kappa shape index (κ3) is 9.05. The zero-order valence-corrected chi connectivity index (χ0v) is 10.1. The van der Waals surface area contributed by atoms with E-state index in [0.29, 0.717) is 6.42 Å². The van der Waals surface area contributed by atoms with E-state index in [1.807, 2.05) is 0 Å². The molecule has 62 valence electrons. The second-order valence-electron chi connectivity index (χ2n) is 2.07. The van der Waals surface area contributed by atoms with Gasteiger partial charge in [0, 0.05) is 6.61 Å². The van der Waals surface area contributed by atoms with Gasteiger partial charge in [-0.1, -0.05) is 34.8 Å². The first-order chi connectivity index (χ1) is 4.56. The van der Waals surface area contributed by atoms with Crippen molar-refractivity contribution in [1.29, 1.82) is 0 Å². The normalized spacial score (nSPS) is 12.3. The van der Waals surface area contributed by atoms with E-state index in [4.69, 9.17) is 39.2 Å². The van der Waals surface area contributed by atoms with Gasteiger partial charge in [-0.25, -0.2) is 0 Å². The third-order valence-corrected chi connectivity index (χ3v) is 2.03. The van der Waals surface area contributed by atoms with E-state index in [-0.39, 0.29) is 0 Å². The molecule has 0 amide bonds. The van der Waals surface area contributed by atoms with E-state index in [0.717, 1.165) is 29.9 Å². The smallest absolute Gasteiger partial charge is 0.190 e. The largest absolute Gasteiger partial charge is 0.428 e. The molecule has 0 unspecified atom stereocenters. The summed E-state index contributed by atoms with van der Waals surface area (Å²) in [5, 5.41) is 0. The molecule has 1 nitrogen and oxygen atoms in total. The zero-order valence-electron chi connectivity index (χ0n) is 5.87. The van der Waals surface area contributed by atoms with Gasteiger partial charge in [0.2, 0.25) is 0 Å². The molecule has 0 saturated heterocycles. The van der Waals surface area contributed by atoms with Crippen LogP contribution in [-0.2, 0) is 4.43 Å². The number of hydrogen-bond acceptors (Lipinski definition) is 1. The van der Waals surface area contributed by atoms with Gasteiger partial charge in [0.15, 0.2) is 3.79 Å². The van der Waals surface area contributed by atoms with Crippen molar-refractivity contribution in [2.24, 2.45) is 0 Å². The molecule has 0 spiro atoms. The Bertz CT molecular complexity index is 83.5. The molecule has 0 fully saturated rings. The lowest BCUT2D eigenvalue weighted by molar-refractivity contribution is 0.334. The van der Waals surface area contributed by atoms with Crippen LogP contribution in [0.15, 0.2) is 0 Å². The summed E-state index contributed by atoms with van der Waals surface area (Å²) in [5.74, 6) is 0. The van der Waals surface area contributed by atoms with Crippen LogP contribution in [0.2, 0.25) is 0 Å². The van der Waals surface area contributed by atoms with E-state index >= 15 is 0 Å². The van der Waals surface area contributed by atoms with E-state index in [9.17, 15) is 0 Å². The van der Waals surface area contributed by atoms with Gasteiger partial charge < -0.3 is 4.43 Å². The molecule has 0 radical (unpaired) electrons. The SMILES string of the molecule is [SiH3]OCCCCC(Cl)(Cl)Cl. The predicted octanol–water partition coefficient (Wildman–Crippen LogP) is 1.82. The Morgan fingerprint density at radius 3 is 2.20 bits per heavy atom. The van der Waals surface area contributed by atoms with Crippen LogP contribution < -0.4 is 0 Å². The molecule has 0 rings (SSSR count). The fraction of sp³-hybridized carbons (Fsp3) is 1.00. The topological polar surface area (TPSA) is 9.23 Å². The molecule has 0 aromatic heterocycles. The average Bonchev–Trinajstić information content (AvgIpc) is 1.78. The molecule has 5 heteroatoms. The number of unbranched alkanes of at least 4 members (excludes halogenated alkanes) is 1. The van der Waals surface area contributed by atoms with Gasteiger partial charge in [0.25, 0.3) is 0 Å². The molecule has 0 saturated carbocycles. The first kappa shape index (κ1) is 11.0. The van der Waals surface area contributed by atoms with Gasteiger partial charge in [-0.2, -0.15) is 0 Å². The second-order valence-corrected chi connectivity index (χ2v) is 5.16. The predicted molar refractivity (Wildman–Crippen MR) is 50.0 cm³/mol. The maximum Gasteiger partial charge on any atom is 0.190 e. The summed E-state index contributed by atoms with van der Waals surface area (Å²) in [7, 11) is 0.796. The summed E-state index contributed by atoms with van der Waals surface area (Å²) >= 11 is 16.5. The number of alkyl halides is 3. The fourth-order valence-corrected chi connectivity index (χ4v) is 1.26. The van der Waals surface area contributed by atoms with Crippen LogP contribution in [0, 0.1) is 0 Å². The summed E-state index contributed by atoms with van der Waals surface area (Å²) in [5.41, 5.74) is 0. The number of halogens is 3. The lowest BCUT2D eigenvalue weighted by Crippen LogP contribution is -2.02. The monoisotopic (exact) mass is 220 g/mol. The minimum atomic E-state index is -1.08. The molecule has 0 aromatic carbocycles. The zero-order chi connectivity index (χ0) is 8.04. The van der Waals surface area contributed by atoms with Gasteiger partial charge >= 0.3 is 0 Å². The van der Waals surface area contributed by atoms with Crippen molar-refractivity contribution in [1.82, 2.24) is 0 Å². The minimum Gasteiger partial charge on any atom is -0.428 e. The molecule has 0 N–H and O–H groups in total. The van der Waals surface area contributed by atoms with Crippen molar-refractivity contribution in [3.63, 3.8) is 0 Å². The highest BCUT2D eigenvalue weighted by Gasteiger charge is 2.17. The molecular formula is C5H11Cl3OSi. The van der Waals surface area contributed by atoms with Gasteiger partial charge in [-0.3, -0.25) is 0 Å². The maximum absolute atomic E-state index is 5.51. The maximum atomic E-state index is 5.51. The molecule has 0 bridgehead atoms. The van der Waals surface area contributed by atoms with E-state index in [2.05, 4.69) is 0 Å². The molecular weight excluding hydrogens is 210 g/mol. The first-order valence-corrected chi connectivity index (χ1v) is 5.07. The highest BCUT2D eigenvalue weighted by Crippen LogP contribution is 2.31. The lowest BCUT2D eigenvalue weighted by Gasteiger charge is -2.08. The molecule has 10 heavy (non-hydrogen) atoms.